The van der Waals surface area contributed by atoms with Crippen molar-refractivity contribution in [2.75, 3.05) is 0 Å². The van der Waals surface area contributed by atoms with Gasteiger partial charge in [0.15, 0.2) is 0 Å². The Morgan fingerprint density at radius 1 is 0.905 bits per heavy atom. The van der Waals surface area contributed by atoms with E-state index in [2.05, 4.69) is 0 Å². The largest absolute Gasteiger partial charge is 0.393 e. The van der Waals surface area contributed by atoms with E-state index in [1.807, 2.05) is 19.1 Å². The van der Waals surface area contributed by atoms with Crippen molar-refractivity contribution in [3.05, 3.63) is 12.2 Å². The first-order valence-electron chi connectivity index (χ1n) is 7.15. The van der Waals surface area contributed by atoms with E-state index < -0.39 is 53.0 Å². The van der Waals surface area contributed by atoms with Gasteiger partial charge in [-0.3, -0.25) is 19.2 Å². The van der Waals surface area contributed by atoms with Gasteiger partial charge in [0.25, 0.3) is 0 Å². The summed E-state index contributed by atoms with van der Waals surface area (Å²) in [6, 6.07) is 0. The Morgan fingerprint density at radius 3 is 2.29 bits per heavy atom. The summed E-state index contributed by atoms with van der Waals surface area (Å²) in [7, 11) is 0. The first-order valence-corrected chi connectivity index (χ1v) is 7.15. The van der Waals surface area contributed by atoms with Crippen molar-refractivity contribution in [2.45, 2.75) is 6.92 Å². The molecule has 2 saturated carbocycles. The van der Waals surface area contributed by atoms with Gasteiger partial charge in [-0.2, -0.15) is 0 Å². The van der Waals surface area contributed by atoms with E-state index in [-0.39, 0.29) is 17.8 Å². The van der Waals surface area contributed by atoms with Crippen molar-refractivity contribution in [3.8, 4) is 0 Å². The minimum Gasteiger partial charge on any atom is -0.393 e. The third-order valence-corrected chi connectivity index (χ3v) is 6.36. The number of hydrogen-bond acceptors (Lipinski definition) is 6. The molecule has 21 heavy (non-hydrogen) atoms. The van der Waals surface area contributed by atoms with E-state index in [9.17, 15) is 19.2 Å². The highest BCUT2D eigenvalue weighted by molar-refractivity contribution is 6.01. The van der Waals surface area contributed by atoms with Gasteiger partial charge in [-0.15, -0.1) is 0 Å². The number of allylic oxidation sites excluding steroid dienone is 2. The summed E-state index contributed by atoms with van der Waals surface area (Å²) in [6.07, 6.45) is 3.86. The molecule has 0 spiro atoms. The molecule has 8 atom stereocenters. The molecule has 2 aliphatic heterocycles. The predicted octanol–water partition coefficient (Wildman–Crippen LogP) is 0.0699. The summed E-state index contributed by atoms with van der Waals surface area (Å²) in [4.78, 5) is 47.9. The highest BCUT2D eigenvalue weighted by Crippen LogP contribution is 2.72. The minimum absolute atomic E-state index is 0.0938. The average Bonchev–Trinajstić information content (AvgIpc) is 2.78. The zero-order chi connectivity index (χ0) is 14.7. The zero-order valence-corrected chi connectivity index (χ0v) is 11.1. The van der Waals surface area contributed by atoms with Crippen LogP contribution in [0.5, 0.6) is 0 Å². The van der Waals surface area contributed by atoms with Gasteiger partial charge in [0.2, 0.25) is 0 Å². The van der Waals surface area contributed by atoms with Crippen LogP contribution in [0.4, 0.5) is 0 Å². The standard InChI is InChI=1S/C15H12O6/c1-15-3-2-4(6-10(15)14(19)21-11(6)16)5-7-8(9(5)15)13(18)20-12(7)17/h2-10H,1H3. The van der Waals surface area contributed by atoms with Crippen LogP contribution in [0.15, 0.2) is 12.2 Å². The fourth-order valence-electron chi connectivity index (χ4n) is 5.65. The molecule has 4 aliphatic carbocycles. The van der Waals surface area contributed by atoms with Crippen molar-refractivity contribution < 1.29 is 28.7 Å². The summed E-state index contributed by atoms with van der Waals surface area (Å²) in [6.45, 7) is 1.89. The molecule has 0 amide bonds. The Labute approximate surface area is 119 Å². The van der Waals surface area contributed by atoms with E-state index in [0.717, 1.165) is 0 Å². The molecule has 6 heteroatoms. The summed E-state index contributed by atoms with van der Waals surface area (Å²) in [5, 5.41) is 0. The number of carbonyl (C=O) groups excluding carboxylic acids is 4. The fraction of sp³-hybridized carbons (Fsp3) is 0.600. The topological polar surface area (TPSA) is 86.7 Å². The molecule has 6 aliphatic rings. The molecular formula is C15H12O6. The molecular weight excluding hydrogens is 276 g/mol. The van der Waals surface area contributed by atoms with Crippen molar-refractivity contribution in [2.24, 2.45) is 46.8 Å². The van der Waals surface area contributed by atoms with Crippen LogP contribution in [-0.2, 0) is 28.7 Å². The number of esters is 4. The third kappa shape index (κ3) is 1.000. The number of hydrogen-bond donors (Lipinski definition) is 0. The highest BCUT2D eigenvalue weighted by Gasteiger charge is 2.78. The maximum Gasteiger partial charge on any atom is 0.318 e. The molecule has 0 aromatic rings. The molecule has 0 N–H and O–H groups in total. The summed E-state index contributed by atoms with van der Waals surface area (Å²) in [5.74, 6) is -4.35. The van der Waals surface area contributed by atoms with Crippen LogP contribution in [-0.4, -0.2) is 23.9 Å². The van der Waals surface area contributed by atoms with Crippen LogP contribution in [0.25, 0.3) is 0 Å². The maximum atomic E-state index is 12.1. The second-order valence-electron chi connectivity index (χ2n) is 6.94. The molecule has 6 rings (SSSR count). The summed E-state index contributed by atoms with van der Waals surface area (Å²) < 4.78 is 9.61. The molecule has 0 aromatic heterocycles. The van der Waals surface area contributed by atoms with Crippen molar-refractivity contribution in [1.82, 2.24) is 0 Å². The molecule has 0 aromatic carbocycles. The zero-order valence-electron chi connectivity index (χ0n) is 11.1. The third-order valence-electron chi connectivity index (χ3n) is 6.36. The number of ether oxygens (including phenoxy) is 2. The van der Waals surface area contributed by atoms with E-state index in [4.69, 9.17) is 9.47 Å². The number of cyclic esters (lactones) is 4. The molecule has 8 unspecified atom stereocenters. The number of fused-ring (bicyclic) bond motifs is 1. The van der Waals surface area contributed by atoms with Crippen molar-refractivity contribution >= 4 is 23.9 Å². The van der Waals surface area contributed by atoms with Gasteiger partial charge in [0, 0.05) is 5.41 Å². The van der Waals surface area contributed by atoms with Crippen LogP contribution in [0.2, 0.25) is 0 Å². The lowest BCUT2D eigenvalue weighted by Gasteiger charge is -2.63. The van der Waals surface area contributed by atoms with E-state index in [1.54, 1.807) is 0 Å². The van der Waals surface area contributed by atoms with Crippen LogP contribution in [0.3, 0.4) is 0 Å². The smallest absolute Gasteiger partial charge is 0.318 e. The van der Waals surface area contributed by atoms with E-state index in [0.29, 0.717) is 0 Å². The SMILES string of the molecule is CC12C=CC(C3C(=O)OC(=O)C31)C1C3C(=O)OC(=O)C3C12. The van der Waals surface area contributed by atoms with E-state index in [1.165, 1.54) is 0 Å². The average molecular weight is 288 g/mol. The first kappa shape index (κ1) is 11.7. The van der Waals surface area contributed by atoms with Crippen LogP contribution in [0, 0.1) is 46.8 Å². The molecule has 6 nitrogen and oxygen atoms in total. The monoisotopic (exact) mass is 288 g/mol. The van der Waals surface area contributed by atoms with Crippen LogP contribution >= 0.6 is 0 Å². The van der Waals surface area contributed by atoms with E-state index >= 15 is 0 Å². The van der Waals surface area contributed by atoms with Gasteiger partial charge in [-0.1, -0.05) is 19.1 Å². The minimum atomic E-state index is -0.613. The molecule has 4 fully saturated rings. The molecule has 108 valence electrons. The Hall–Kier alpha value is -1.98. The second-order valence-corrected chi connectivity index (χ2v) is 6.94. The van der Waals surface area contributed by atoms with Crippen LogP contribution in [0.1, 0.15) is 6.92 Å². The van der Waals surface area contributed by atoms with Gasteiger partial charge in [0.05, 0.1) is 23.7 Å². The highest BCUT2D eigenvalue weighted by atomic mass is 16.6. The van der Waals surface area contributed by atoms with Crippen molar-refractivity contribution in [1.29, 1.82) is 0 Å². The predicted molar refractivity (Wildman–Crippen MR) is 63.9 cm³/mol. The first-order chi connectivity index (χ1) is 9.95. The molecule has 2 saturated heterocycles. The van der Waals surface area contributed by atoms with Crippen LogP contribution < -0.4 is 0 Å². The van der Waals surface area contributed by atoms with Gasteiger partial charge in [0.1, 0.15) is 0 Å². The number of carbonyl (C=O) groups is 4. The number of rotatable bonds is 0. The lowest BCUT2D eigenvalue weighted by molar-refractivity contribution is -0.185. The van der Waals surface area contributed by atoms with Crippen molar-refractivity contribution in [3.63, 3.8) is 0 Å². The summed E-state index contributed by atoms with van der Waals surface area (Å²) in [5.41, 5.74) is -0.613. The Balaban J connectivity index is 1.69. The van der Waals surface area contributed by atoms with Gasteiger partial charge in [-0.25, -0.2) is 0 Å². The normalized spacial score (nSPS) is 55.6. The Kier molecular flexibility index (Phi) is 1.72. The molecule has 2 heterocycles. The maximum absolute atomic E-state index is 12.1. The quantitative estimate of drug-likeness (QED) is 0.356. The van der Waals surface area contributed by atoms with Gasteiger partial charge < -0.3 is 9.47 Å². The lowest BCUT2D eigenvalue weighted by Crippen LogP contribution is -2.67. The summed E-state index contributed by atoms with van der Waals surface area (Å²) >= 11 is 0. The lowest BCUT2D eigenvalue weighted by atomic mass is 9.35. The fourth-order valence-corrected chi connectivity index (χ4v) is 5.65. The van der Waals surface area contributed by atoms with Gasteiger partial charge >= 0.3 is 23.9 Å². The molecule has 0 radical (unpaired) electrons. The Bertz CT molecular complexity index is 678. The Morgan fingerprint density at radius 2 is 1.52 bits per heavy atom. The molecule has 2 bridgehead atoms. The second kappa shape index (κ2) is 3.10. The van der Waals surface area contributed by atoms with Gasteiger partial charge in [-0.05, 0) is 17.8 Å².